The number of epoxide rings is 1. The summed E-state index contributed by atoms with van der Waals surface area (Å²) >= 11 is 0. The fourth-order valence-corrected chi connectivity index (χ4v) is 1.39. The third-order valence-corrected chi connectivity index (χ3v) is 2.18. The average molecular weight is 180 g/mol. The maximum Gasteiger partial charge on any atom is 0.119 e. The Labute approximate surface area is 76.9 Å². The molecule has 1 heterocycles. The largest absolute Gasteiger partial charge is 0.497 e. The normalized spacial score (nSPS) is 25.7. The summed E-state index contributed by atoms with van der Waals surface area (Å²) in [5.74, 6) is 0.824. The minimum atomic E-state index is -0.0212. The highest BCUT2D eigenvalue weighted by Gasteiger charge is 2.39. The van der Waals surface area contributed by atoms with E-state index in [2.05, 4.69) is 0 Å². The maximum absolute atomic E-state index is 8.81. The summed E-state index contributed by atoms with van der Waals surface area (Å²) in [5, 5.41) is 8.81. The lowest BCUT2D eigenvalue weighted by Crippen LogP contribution is -1.94. The Balaban J connectivity index is 2.13. The molecular weight excluding hydrogens is 168 g/mol. The lowest BCUT2D eigenvalue weighted by molar-refractivity contribution is 0.242. The highest BCUT2D eigenvalue weighted by Crippen LogP contribution is 2.39. The van der Waals surface area contributed by atoms with Crippen molar-refractivity contribution in [3.63, 3.8) is 0 Å². The lowest BCUT2D eigenvalue weighted by atomic mass is 10.1. The molecule has 70 valence electrons. The van der Waals surface area contributed by atoms with Gasteiger partial charge >= 0.3 is 0 Å². The van der Waals surface area contributed by atoms with Gasteiger partial charge in [0, 0.05) is 0 Å². The highest BCUT2D eigenvalue weighted by molar-refractivity contribution is 5.32. The fourth-order valence-electron chi connectivity index (χ4n) is 1.39. The van der Waals surface area contributed by atoms with Crippen LogP contribution in [0.25, 0.3) is 0 Å². The number of hydrogen-bond donors (Lipinski definition) is 1. The van der Waals surface area contributed by atoms with Crippen LogP contribution in [0.2, 0.25) is 0 Å². The van der Waals surface area contributed by atoms with Crippen molar-refractivity contribution in [2.75, 3.05) is 13.7 Å². The van der Waals surface area contributed by atoms with E-state index in [-0.39, 0.29) is 18.8 Å². The van der Waals surface area contributed by atoms with Gasteiger partial charge in [0.15, 0.2) is 0 Å². The predicted molar refractivity (Wildman–Crippen MR) is 47.7 cm³/mol. The van der Waals surface area contributed by atoms with E-state index in [4.69, 9.17) is 14.6 Å². The molecule has 1 aromatic carbocycles. The van der Waals surface area contributed by atoms with Crippen LogP contribution >= 0.6 is 0 Å². The molecule has 0 aliphatic carbocycles. The van der Waals surface area contributed by atoms with Gasteiger partial charge in [0.1, 0.15) is 18.0 Å². The van der Waals surface area contributed by atoms with Crippen LogP contribution in [0.4, 0.5) is 0 Å². The summed E-state index contributed by atoms with van der Waals surface area (Å²) in [6, 6.07) is 7.72. The average Bonchev–Trinajstić information content (AvgIpc) is 2.97. The second kappa shape index (κ2) is 3.36. The van der Waals surface area contributed by atoms with E-state index in [1.807, 2.05) is 24.3 Å². The molecule has 0 aromatic heterocycles. The molecule has 0 saturated carbocycles. The van der Waals surface area contributed by atoms with Crippen molar-refractivity contribution >= 4 is 0 Å². The van der Waals surface area contributed by atoms with Crippen LogP contribution in [0.5, 0.6) is 5.75 Å². The van der Waals surface area contributed by atoms with Gasteiger partial charge in [-0.05, 0) is 17.7 Å². The molecular formula is C10H12O3. The van der Waals surface area contributed by atoms with E-state index in [1.54, 1.807) is 7.11 Å². The summed E-state index contributed by atoms with van der Waals surface area (Å²) in [4.78, 5) is 0. The van der Waals surface area contributed by atoms with Crippen LogP contribution in [0.15, 0.2) is 24.3 Å². The number of ether oxygens (including phenoxy) is 2. The second-order valence-corrected chi connectivity index (χ2v) is 3.05. The van der Waals surface area contributed by atoms with Gasteiger partial charge in [0.25, 0.3) is 0 Å². The van der Waals surface area contributed by atoms with Gasteiger partial charge in [-0.3, -0.25) is 0 Å². The molecule has 0 bridgehead atoms. The Hall–Kier alpha value is -1.06. The van der Waals surface area contributed by atoms with Crippen LogP contribution in [0.3, 0.4) is 0 Å². The highest BCUT2D eigenvalue weighted by atomic mass is 16.6. The number of aliphatic hydroxyl groups is 1. The predicted octanol–water partition coefficient (Wildman–Crippen LogP) is 1.13. The van der Waals surface area contributed by atoms with Gasteiger partial charge in [-0.15, -0.1) is 0 Å². The molecule has 1 aliphatic heterocycles. The van der Waals surface area contributed by atoms with Crippen LogP contribution in [-0.4, -0.2) is 24.9 Å². The number of aliphatic hydroxyl groups excluding tert-OH is 1. The van der Waals surface area contributed by atoms with Crippen molar-refractivity contribution in [3.8, 4) is 5.75 Å². The van der Waals surface area contributed by atoms with Gasteiger partial charge < -0.3 is 14.6 Å². The van der Waals surface area contributed by atoms with Crippen molar-refractivity contribution in [3.05, 3.63) is 29.8 Å². The van der Waals surface area contributed by atoms with Gasteiger partial charge in [-0.2, -0.15) is 0 Å². The standard InChI is InChI=1S/C10H12O3/c1-12-8-4-2-3-7(5-8)10-9(6-11)13-10/h2-5,9-11H,6H2,1H3/t9-,10-/m1/s1. The number of benzene rings is 1. The first-order valence-corrected chi connectivity index (χ1v) is 4.25. The van der Waals surface area contributed by atoms with Crippen LogP contribution in [-0.2, 0) is 4.74 Å². The molecule has 0 unspecified atom stereocenters. The molecule has 3 heteroatoms. The zero-order chi connectivity index (χ0) is 9.26. The summed E-state index contributed by atoms with van der Waals surface area (Å²) in [5.41, 5.74) is 1.07. The van der Waals surface area contributed by atoms with Crippen molar-refractivity contribution < 1.29 is 14.6 Å². The van der Waals surface area contributed by atoms with Crippen LogP contribution in [0, 0.1) is 0 Å². The monoisotopic (exact) mass is 180 g/mol. The molecule has 0 radical (unpaired) electrons. The molecule has 0 spiro atoms. The molecule has 1 aliphatic rings. The molecule has 3 nitrogen and oxygen atoms in total. The molecule has 2 atom stereocenters. The van der Waals surface area contributed by atoms with E-state index >= 15 is 0 Å². The number of rotatable bonds is 3. The first-order valence-electron chi connectivity index (χ1n) is 4.25. The molecule has 0 amide bonds. The molecule has 1 saturated heterocycles. The number of hydrogen-bond acceptors (Lipinski definition) is 3. The smallest absolute Gasteiger partial charge is 0.119 e. The minimum absolute atomic E-state index is 0.0212. The quantitative estimate of drug-likeness (QED) is 0.709. The Bertz CT molecular complexity index is 298. The summed E-state index contributed by atoms with van der Waals surface area (Å²) in [7, 11) is 1.64. The summed E-state index contributed by atoms with van der Waals surface area (Å²) < 4.78 is 10.3. The lowest BCUT2D eigenvalue weighted by Gasteiger charge is -2.00. The SMILES string of the molecule is COc1cccc([C@H]2O[C@@H]2CO)c1. The molecule has 13 heavy (non-hydrogen) atoms. The molecule has 1 N–H and O–H groups in total. The maximum atomic E-state index is 8.81. The Morgan fingerprint density at radius 3 is 3.00 bits per heavy atom. The van der Waals surface area contributed by atoms with Gasteiger partial charge in [0.05, 0.1) is 13.7 Å². The van der Waals surface area contributed by atoms with Gasteiger partial charge in [0.2, 0.25) is 0 Å². The second-order valence-electron chi connectivity index (χ2n) is 3.05. The third-order valence-electron chi connectivity index (χ3n) is 2.18. The minimum Gasteiger partial charge on any atom is -0.497 e. The van der Waals surface area contributed by atoms with Crippen LogP contribution in [0.1, 0.15) is 11.7 Å². The van der Waals surface area contributed by atoms with Crippen LogP contribution < -0.4 is 4.74 Å². The fraction of sp³-hybridized carbons (Fsp3) is 0.400. The van der Waals surface area contributed by atoms with E-state index < -0.39 is 0 Å². The van der Waals surface area contributed by atoms with Crippen molar-refractivity contribution in [2.24, 2.45) is 0 Å². The van der Waals surface area contributed by atoms with E-state index in [0.717, 1.165) is 11.3 Å². The number of methoxy groups -OCH3 is 1. The third kappa shape index (κ3) is 1.66. The van der Waals surface area contributed by atoms with Crippen molar-refractivity contribution in [1.29, 1.82) is 0 Å². The zero-order valence-electron chi connectivity index (χ0n) is 7.43. The molecule has 2 rings (SSSR count). The Kier molecular flexibility index (Phi) is 2.20. The molecule has 1 fully saturated rings. The summed E-state index contributed by atoms with van der Waals surface area (Å²) in [6.45, 7) is 0.0852. The van der Waals surface area contributed by atoms with Crippen molar-refractivity contribution in [2.45, 2.75) is 12.2 Å². The van der Waals surface area contributed by atoms with E-state index in [9.17, 15) is 0 Å². The van der Waals surface area contributed by atoms with Gasteiger partial charge in [-0.1, -0.05) is 12.1 Å². The van der Waals surface area contributed by atoms with Crippen molar-refractivity contribution in [1.82, 2.24) is 0 Å². The Morgan fingerprint density at radius 1 is 1.54 bits per heavy atom. The molecule has 1 aromatic rings. The first kappa shape index (κ1) is 8.53. The van der Waals surface area contributed by atoms with E-state index in [0.29, 0.717) is 0 Å². The Morgan fingerprint density at radius 2 is 2.38 bits per heavy atom. The zero-order valence-corrected chi connectivity index (χ0v) is 7.43. The van der Waals surface area contributed by atoms with E-state index in [1.165, 1.54) is 0 Å². The van der Waals surface area contributed by atoms with Gasteiger partial charge in [-0.25, -0.2) is 0 Å². The first-order chi connectivity index (χ1) is 6.35. The summed E-state index contributed by atoms with van der Waals surface area (Å²) in [6.07, 6.45) is 0.0345. The topological polar surface area (TPSA) is 42.0 Å².